The van der Waals surface area contributed by atoms with Gasteiger partial charge in [-0.2, -0.15) is 0 Å². The van der Waals surface area contributed by atoms with Crippen molar-refractivity contribution in [2.24, 2.45) is 0 Å². The van der Waals surface area contributed by atoms with Crippen LogP contribution in [0, 0.1) is 0 Å². The molecule has 0 spiro atoms. The second-order valence-corrected chi connectivity index (χ2v) is 5.32. The molecule has 3 heteroatoms. The number of anilines is 1. The summed E-state index contributed by atoms with van der Waals surface area (Å²) in [5.74, 6) is 1.68. The molecular formula is C18H21NO2. The number of benzene rings is 2. The van der Waals surface area contributed by atoms with Gasteiger partial charge in [-0.15, -0.1) is 0 Å². The van der Waals surface area contributed by atoms with Gasteiger partial charge in [0, 0.05) is 11.7 Å². The Kier molecular flexibility index (Phi) is 4.00. The van der Waals surface area contributed by atoms with E-state index in [-0.39, 0.29) is 6.04 Å². The molecule has 1 aliphatic heterocycles. The average molecular weight is 283 g/mol. The summed E-state index contributed by atoms with van der Waals surface area (Å²) in [5.41, 5.74) is 3.68. The number of rotatable bonds is 4. The average Bonchev–Trinajstić information content (AvgIpc) is 2.55. The Morgan fingerprint density at radius 2 is 1.71 bits per heavy atom. The van der Waals surface area contributed by atoms with Gasteiger partial charge in [0.15, 0.2) is 11.5 Å². The van der Waals surface area contributed by atoms with E-state index in [0.717, 1.165) is 23.6 Å². The fourth-order valence-corrected chi connectivity index (χ4v) is 2.50. The van der Waals surface area contributed by atoms with Gasteiger partial charge in [-0.1, -0.05) is 25.1 Å². The van der Waals surface area contributed by atoms with E-state index in [1.54, 1.807) is 0 Å². The molecule has 1 N–H and O–H groups in total. The van der Waals surface area contributed by atoms with Crippen molar-refractivity contribution in [3.05, 3.63) is 53.6 Å². The second kappa shape index (κ2) is 6.08. The lowest BCUT2D eigenvalue weighted by Crippen LogP contribution is -2.16. The zero-order valence-electron chi connectivity index (χ0n) is 12.6. The molecule has 0 saturated carbocycles. The lowest BCUT2D eigenvalue weighted by molar-refractivity contribution is 0.171. The summed E-state index contributed by atoms with van der Waals surface area (Å²) in [6.45, 7) is 5.57. The minimum atomic E-state index is 0.216. The fraction of sp³-hybridized carbons (Fsp3) is 0.333. The lowest BCUT2D eigenvalue weighted by atomic mass is 10.1. The molecule has 1 aliphatic rings. The van der Waals surface area contributed by atoms with E-state index in [4.69, 9.17) is 9.47 Å². The van der Waals surface area contributed by atoms with Gasteiger partial charge in [-0.05, 0) is 48.7 Å². The highest BCUT2D eigenvalue weighted by Crippen LogP contribution is 2.33. The van der Waals surface area contributed by atoms with E-state index in [9.17, 15) is 0 Å². The van der Waals surface area contributed by atoms with Crippen molar-refractivity contribution in [1.29, 1.82) is 0 Å². The summed E-state index contributed by atoms with van der Waals surface area (Å²) < 4.78 is 11.2. The van der Waals surface area contributed by atoms with Gasteiger partial charge in [0.05, 0.1) is 0 Å². The summed E-state index contributed by atoms with van der Waals surface area (Å²) in [7, 11) is 0. The Hall–Kier alpha value is -2.16. The van der Waals surface area contributed by atoms with Gasteiger partial charge in [0.2, 0.25) is 0 Å². The van der Waals surface area contributed by atoms with Gasteiger partial charge in [-0.3, -0.25) is 0 Å². The molecule has 0 aliphatic carbocycles. The van der Waals surface area contributed by atoms with Crippen LogP contribution in [-0.4, -0.2) is 13.2 Å². The van der Waals surface area contributed by atoms with E-state index in [0.29, 0.717) is 13.2 Å². The minimum absolute atomic E-state index is 0.216. The maximum Gasteiger partial charge on any atom is 0.161 e. The van der Waals surface area contributed by atoms with Gasteiger partial charge in [-0.25, -0.2) is 0 Å². The largest absolute Gasteiger partial charge is 0.486 e. The van der Waals surface area contributed by atoms with Crippen LogP contribution in [-0.2, 0) is 6.42 Å². The highest BCUT2D eigenvalue weighted by atomic mass is 16.6. The number of fused-ring (bicyclic) bond motifs is 1. The Morgan fingerprint density at radius 3 is 2.43 bits per heavy atom. The van der Waals surface area contributed by atoms with Crippen LogP contribution in [0.5, 0.6) is 11.5 Å². The van der Waals surface area contributed by atoms with Crippen molar-refractivity contribution < 1.29 is 9.47 Å². The molecule has 1 atom stereocenters. The number of ether oxygens (including phenoxy) is 2. The quantitative estimate of drug-likeness (QED) is 0.912. The summed E-state index contributed by atoms with van der Waals surface area (Å²) in [5, 5.41) is 3.52. The number of nitrogens with one attached hydrogen (secondary N) is 1. The summed E-state index contributed by atoms with van der Waals surface area (Å²) in [4.78, 5) is 0. The molecule has 0 saturated heterocycles. The summed E-state index contributed by atoms with van der Waals surface area (Å²) in [6.07, 6.45) is 1.07. The molecule has 2 aromatic carbocycles. The van der Waals surface area contributed by atoms with E-state index in [1.807, 2.05) is 6.07 Å². The Bertz CT molecular complexity index is 607. The third kappa shape index (κ3) is 3.13. The highest BCUT2D eigenvalue weighted by Gasteiger charge is 2.14. The Balaban J connectivity index is 1.73. The van der Waals surface area contributed by atoms with Crippen LogP contribution in [0.1, 0.15) is 31.0 Å². The Labute approximate surface area is 125 Å². The van der Waals surface area contributed by atoms with Crippen LogP contribution in [0.2, 0.25) is 0 Å². The predicted octanol–water partition coefficient (Wildman–Crippen LogP) is 4.19. The van der Waals surface area contributed by atoms with Crippen molar-refractivity contribution in [3.63, 3.8) is 0 Å². The van der Waals surface area contributed by atoms with E-state index in [1.165, 1.54) is 11.1 Å². The minimum Gasteiger partial charge on any atom is -0.486 e. The summed E-state index contributed by atoms with van der Waals surface area (Å²) >= 11 is 0. The molecule has 1 unspecified atom stereocenters. The van der Waals surface area contributed by atoms with Crippen LogP contribution in [0.4, 0.5) is 5.69 Å². The molecule has 21 heavy (non-hydrogen) atoms. The van der Waals surface area contributed by atoms with Crippen molar-refractivity contribution >= 4 is 5.69 Å². The zero-order valence-corrected chi connectivity index (χ0v) is 12.6. The van der Waals surface area contributed by atoms with Crippen molar-refractivity contribution in [2.45, 2.75) is 26.3 Å². The first-order chi connectivity index (χ1) is 10.3. The van der Waals surface area contributed by atoms with E-state index < -0.39 is 0 Å². The first-order valence-corrected chi connectivity index (χ1v) is 7.51. The van der Waals surface area contributed by atoms with E-state index >= 15 is 0 Å². The maximum atomic E-state index is 5.64. The molecule has 110 valence electrons. The molecule has 3 nitrogen and oxygen atoms in total. The first kappa shape index (κ1) is 13.8. The molecule has 1 heterocycles. The topological polar surface area (TPSA) is 30.5 Å². The zero-order chi connectivity index (χ0) is 14.7. The third-order valence-corrected chi connectivity index (χ3v) is 3.81. The lowest BCUT2D eigenvalue weighted by Gasteiger charge is -2.21. The SMILES string of the molecule is CCc1ccc(NC(C)c2ccc3c(c2)OCCO3)cc1. The number of hydrogen-bond acceptors (Lipinski definition) is 3. The number of aryl methyl sites for hydroxylation is 1. The fourth-order valence-electron chi connectivity index (χ4n) is 2.50. The van der Waals surface area contributed by atoms with E-state index in [2.05, 4.69) is 55.6 Å². The van der Waals surface area contributed by atoms with Crippen molar-refractivity contribution in [2.75, 3.05) is 18.5 Å². The third-order valence-electron chi connectivity index (χ3n) is 3.81. The highest BCUT2D eigenvalue weighted by molar-refractivity contribution is 5.49. The standard InChI is InChI=1S/C18H21NO2/c1-3-14-4-7-16(8-5-14)19-13(2)15-6-9-17-18(12-15)21-11-10-20-17/h4-9,12-13,19H,3,10-11H2,1-2H3. The van der Waals surface area contributed by atoms with Crippen LogP contribution in [0.3, 0.4) is 0 Å². The normalized spacial score (nSPS) is 14.6. The van der Waals surface area contributed by atoms with Crippen molar-refractivity contribution in [1.82, 2.24) is 0 Å². The maximum absolute atomic E-state index is 5.64. The molecule has 0 amide bonds. The monoisotopic (exact) mass is 283 g/mol. The smallest absolute Gasteiger partial charge is 0.161 e. The van der Waals surface area contributed by atoms with Gasteiger partial charge in [0.25, 0.3) is 0 Å². The summed E-state index contributed by atoms with van der Waals surface area (Å²) in [6, 6.07) is 15.0. The molecule has 2 aromatic rings. The van der Waals surface area contributed by atoms with Gasteiger partial charge in [0.1, 0.15) is 13.2 Å². The van der Waals surface area contributed by atoms with Crippen LogP contribution in [0.15, 0.2) is 42.5 Å². The van der Waals surface area contributed by atoms with Crippen molar-refractivity contribution in [3.8, 4) is 11.5 Å². The molecular weight excluding hydrogens is 262 g/mol. The molecule has 0 aromatic heterocycles. The van der Waals surface area contributed by atoms with Gasteiger partial charge < -0.3 is 14.8 Å². The molecule has 0 bridgehead atoms. The molecule has 3 rings (SSSR count). The predicted molar refractivity (Wildman–Crippen MR) is 85.3 cm³/mol. The van der Waals surface area contributed by atoms with Crippen LogP contribution < -0.4 is 14.8 Å². The first-order valence-electron chi connectivity index (χ1n) is 7.51. The van der Waals surface area contributed by atoms with Gasteiger partial charge >= 0.3 is 0 Å². The number of hydrogen-bond donors (Lipinski definition) is 1. The van der Waals surface area contributed by atoms with Crippen LogP contribution >= 0.6 is 0 Å². The second-order valence-electron chi connectivity index (χ2n) is 5.32. The molecule has 0 fully saturated rings. The Morgan fingerprint density at radius 1 is 1.00 bits per heavy atom. The van der Waals surface area contributed by atoms with Crippen LogP contribution in [0.25, 0.3) is 0 Å². The molecule has 0 radical (unpaired) electrons.